The predicted molar refractivity (Wildman–Crippen MR) is 130 cm³/mol. The van der Waals surface area contributed by atoms with E-state index in [2.05, 4.69) is 0 Å². The van der Waals surface area contributed by atoms with Crippen LogP contribution in [-0.4, -0.2) is 30.4 Å². The van der Waals surface area contributed by atoms with Crippen LogP contribution in [0.5, 0.6) is 5.75 Å². The summed E-state index contributed by atoms with van der Waals surface area (Å²) in [6, 6.07) is 12.4. The third-order valence-corrected chi connectivity index (χ3v) is 7.92. The summed E-state index contributed by atoms with van der Waals surface area (Å²) >= 11 is 0. The van der Waals surface area contributed by atoms with E-state index in [9.17, 15) is 24.2 Å². The molecule has 1 aliphatic rings. The third kappa shape index (κ3) is 6.88. The Morgan fingerprint density at radius 3 is 2.11 bits per heavy atom. The summed E-state index contributed by atoms with van der Waals surface area (Å²) in [5.74, 6) is -0.343. The SMILES string of the molecule is CCCCCCCC(C1C(OCc2ccccc2)C(=O)N1c1ccc(OC)cc1)S(F)(F)(F)(F)F. The van der Waals surface area contributed by atoms with E-state index in [0.717, 1.165) is 17.7 Å². The number of carbonyl (C=O) groups excluding carboxylic acids is 1. The zero-order valence-electron chi connectivity index (χ0n) is 19.8. The van der Waals surface area contributed by atoms with Crippen molar-refractivity contribution in [3.8, 4) is 5.75 Å². The Hall–Kier alpha value is -2.33. The molecular formula is C25H32F5NO3S. The summed E-state index contributed by atoms with van der Waals surface area (Å²) < 4.78 is 82.5. The molecule has 3 rings (SSSR count). The van der Waals surface area contributed by atoms with E-state index in [1.54, 1.807) is 30.3 Å². The minimum absolute atomic E-state index is 0.0111. The van der Waals surface area contributed by atoms with E-state index in [1.165, 1.54) is 31.4 Å². The summed E-state index contributed by atoms with van der Waals surface area (Å²) in [5, 5.41) is -2.97. The molecule has 2 aromatic rings. The van der Waals surface area contributed by atoms with Crippen LogP contribution in [0, 0.1) is 0 Å². The number of nitrogens with zero attached hydrogens (tertiary/aromatic N) is 1. The van der Waals surface area contributed by atoms with Crippen molar-refractivity contribution in [2.75, 3.05) is 12.0 Å². The molecule has 35 heavy (non-hydrogen) atoms. The summed E-state index contributed by atoms with van der Waals surface area (Å²) in [7, 11) is -8.58. The molecule has 0 bridgehead atoms. The van der Waals surface area contributed by atoms with Gasteiger partial charge in [-0.2, -0.15) is 0 Å². The molecule has 0 saturated carbocycles. The van der Waals surface area contributed by atoms with Crippen molar-refractivity contribution < 1.29 is 33.7 Å². The fourth-order valence-electron chi connectivity index (χ4n) is 4.42. The minimum atomic E-state index is -10.00. The highest BCUT2D eigenvalue weighted by Crippen LogP contribution is 3.01. The fraction of sp³-hybridized carbons (Fsp3) is 0.480. The Morgan fingerprint density at radius 1 is 0.914 bits per heavy atom. The zero-order valence-corrected chi connectivity index (χ0v) is 20.7. The summed E-state index contributed by atoms with van der Waals surface area (Å²) in [4.78, 5) is 13.8. The third-order valence-electron chi connectivity index (χ3n) is 6.26. The fourth-order valence-corrected chi connectivity index (χ4v) is 5.83. The molecule has 1 heterocycles. The molecule has 1 amide bonds. The Bertz CT molecular complexity index is 987. The number of unbranched alkanes of at least 4 members (excludes halogenated alkanes) is 4. The van der Waals surface area contributed by atoms with Crippen molar-refractivity contribution in [2.45, 2.75) is 69.5 Å². The second-order valence-electron chi connectivity index (χ2n) is 8.88. The lowest BCUT2D eigenvalue weighted by molar-refractivity contribution is -0.143. The highest BCUT2D eigenvalue weighted by molar-refractivity contribution is 8.46. The van der Waals surface area contributed by atoms with Gasteiger partial charge in [0.15, 0.2) is 6.10 Å². The molecule has 1 fully saturated rings. The molecule has 2 aromatic carbocycles. The normalized spacial score (nSPS) is 21.1. The lowest BCUT2D eigenvalue weighted by Crippen LogP contribution is -2.71. The Morgan fingerprint density at radius 2 is 1.54 bits per heavy atom. The van der Waals surface area contributed by atoms with Gasteiger partial charge in [-0.05, 0) is 36.2 Å². The van der Waals surface area contributed by atoms with Crippen LogP contribution < -0.4 is 9.64 Å². The molecule has 0 N–H and O–H groups in total. The molecule has 3 unspecified atom stereocenters. The number of rotatable bonds is 13. The average Bonchev–Trinajstić information content (AvgIpc) is 2.80. The van der Waals surface area contributed by atoms with Gasteiger partial charge in [0, 0.05) is 5.69 Å². The van der Waals surface area contributed by atoms with Gasteiger partial charge in [-0.25, -0.2) is 0 Å². The monoisotopic (exact) mass is 521 g/mol. The molecule has 0 spiro atoms. The van der Waals surface area contributed by atoms with E-state index in [0.29, 0.717) is 24.2 Å². The molecule has 0 aromatic heterocycles. The van der Waals surface area contributed by atoms with Crippen LogP contribution in [0.3, 0.4) is 0 Å². The summed E-state index contributed by atoms with van der Waals surface area (Å²) in [5.41, 5.74) is 0.726. The number of benzene rings is 2. The maximum absolute atomic E-state index is 14.4. The van der Waals surface area contributed by atoms with Gasteiger partial charge in [-0.15, -0.1) is 0 Å². The summed E-state index contributed by atoms with van der Waals surface area (Å²) in [6.07, 6.45) is 0.384. The van der Waals surface area contributed by atoms with Crippen LogP contribution in [0.4, 0.5) is 25.1 Å². The number of halogens is 5. The number of amides is 1. The standard InChI is InChI=1S/C25H32F5NO3S/c1-3-4-5-6-10-13-22(35(26,27,28,29)30)23-24(34-18-19-11-8-7-9-12-19)25(32)31(23)20-14-16-21(33-2)17-15-20/h7-9,11-12,14-17,22-24H,3-6,10,13,18H2,1-2H3. The van der Waals surface area contributed by atoms with Crippen LogP contribution >= 0.6 is 10.2 Å². The maximum atomic E-state index is 14.4. The topological polar surface area (TPSA) is 38.8 Å². The summed E-state index contributed by atoms with van der Waals surface area (Å²) in [6.45, 7) is 1.80. The van der Waals surface area contributed by atoms with Gasteiger partial charge in [-0.3, -0.25) is 4.79 Å². The molecule has 3 atom stereocenters. The van der Waals surface area contributed by atoms with Gasteiger partial charge in [0.25, 0.3) is 16.1 Å². The maximum Gasteiger partial charge on any atom is 0.290 e. The van der Waals surface area contributed by atoms with Crippen LogP contribution in [0.1, 0.15) is 51.0 Å². The van der Waals surface area contributed by atoms with Gasteiger partial charge in [0.1, 0.15) is 11.0 Å². The van der Waals surface area contributed by atoms with Crippen molar-refractivity contribution in [3.05, 3.63) is 60.2 Å². The van der Waals surface area contributed by atoms with Crippen molar-refractivity contribution in [3.63, 3.8) is 0 Å². The van der Waals surface area contributed by atoms with Crippen LogP contribution in [0.25, 0.3) is 0 Å². The molecule has 10 heteroatoms. The molecule has 196 valence electrons. The molecule has 1 aliphatic heterocycles. The zero-order chi connectivity index (χ0) is 25.8. The molecular weight excluding hydrogens is 489 g/mol. The first-order chi connectivity index (χ1) is 16.4. The molecule has 0 radical (unpaired) electrons. The first kappa shape index (κ1) is 27.3. The highest BCUT2D eigenvalue weighted by Gasteiger charge is 2.75. The van der Waals surface area contributed by atoms with Gasteiger partial charge < -0.3 is 14.4 Å². The minimum Gasteiger partial charge on any atom is -0.497 e. The Labute approximate surface area is 203 Å². The first-order valence-electron chi connectivity index (χ1n) is 11.7. The molecule has 4 nitrogen and oxygen atoms in total. The smallest absolute Gasteiger partial charge is 0.290 e. The second kappa shape index (κ2) is 9.97. The number of hydrogen-bond acceptors (Lipinski definition) is 3. The number of anilines is 1. The quantitative estimate of drug-likeness (QED) is 0.152. The lowest BCUT2D eigenvalue weighted by atomic mass is 9.90. The number of ether oxygens (including phenoxy) is 2. The van der Waals surface area contributed by atoms with Crippen molar-refractivity contribution in [1.82, 2.24) is 0 Å². The van der Waals surface area contributed by atoms with Crippen molar-refractivity contribution in [2.24, 2.45) is 0 Å². The van der Waals surface area contributed by atoms with Crippen LogP contribution in [0.15, 0.2) is 54.6 Å². The second-order valence-corrected chi connectivity index (χ2v) is 11.5. The van der Waals surface area contributed by atoms with Gasteiger partial charge in [0.05, 0.1) is 19.8 Å². The number of methoxy groups -OCH3 is 1. The van der Waals surface area contributed by atoms with Gasteiger partial charge in [-0.1, -0.05) is 88.8 Å². The van der Waals surface area contributed by atoms with Crippen LogP contribution in [0.2, 0.25) is 0 Å². The number of carbonyl (C=O) groups is 1. The largest absolute Gasteiger partial charge is 0.497 e. The van der Waals surface area contributed by atoms with Gasteiger partial charge in [0.2, 0.25) is 0 Å². The van der Waals surface area contributed by atoms with Crippen molar-refractivity contribution >= 4 is 21.8 Å². The van der Waals surface area contributed by atoms with Crippen LogP contribution in [-0.2, 0) is 16.1 Å². The predicted octanol–water partition coefficient (Wildman–Crippen LogP) is 8.02. The Balaban J connectivity index is 1.93. The number of β-lactam (4-membered cyclic amide) rings is 1. The van der Waals surface area contributed by atoms with E-state index in [4.69, 9.17) is 9.47 Å². The van der Waals surface area contributed by atoms with Gasteiger partial charge >= 0.3 is 0 Å². The van der Waals surface area contributed by atoms with E-state index >= 15 is 0 Å². The first-order valence-corrected chi connectivity index (χ1v) is 13.7. The lowest BCUT2D eigenvalue weighted by Gasteiger charge is -2.57. The van der Waals surface area contributed by atoms with E-state index in [-0.39, 0.29) is 18.7 Å². The van der Waals surface area contributed by atoms with E-state index < -0.39 is 39.9 Å². The molecule has 1 saturated heterocycles. The average molecular weight is 522 g/mol. The highest BCUT2D eigenvalue weighted by atomic mass is 32.5. The van der Waals surface area contributed by atoms with Crippen molar-refractivity contribution in [1.29, 1.82) is 0 Å². The molecule has 0 aliphatic carbocycles. The van der Waals surface area contributed by atoms with E-state index in [1.807, 2.05) is 6.92 Å². The Kier molecular flexibility index (Phi) is 7.76. The number of hydrogen-bond donors (Lipinski definition) is 0.